The van der Waals surface area contributed by atoms with E-state index in [9.17, 15) is 9.59 Å². The lowest BCUT2D eigenvalue weighted by molar-refractivity contribution is -0.132. The SMILES string of the molecule is O=C(Nc1ccc(-n2cccn2)cc1)[C@H]1CC12CCN(C(=O)CCc1ccco1)CC2. The second-order valence-electron chi connectivity index (χ2n) is 8.57. The van der Waals surface area contributed by atoms with Gasteiger partial charge >= 0.3 is 0 Å². The number of aromatic nitrogens is 2. The highest BCUT2D eigenvalue weighted by molar-refractivity contribution is 5.95. The van der Waals surface area contributed by atoms with Gasteiger partial charge in [0, 0.05) is 49.9 Å². The molecule has 3 heterocycles. The molecule has 7 nitrogen and oxygen atoms in total. The maximum atomic E-state index is 12.8. The fourth-order valence-corrected chi connectivity index (χ4v) is 4.66. The molecule has 7 heteroatoms. The summed E-state index contributed by atoms with van der Waals surface area (Å²) < 4.78 is 7.09. The van der Waals surface area contributed by atoms with Crippen LogP contribution in [0.15, 0.2) is 65.5 Å². The van der Waals surface area contributed by atoms with Gasteiger partial charge in [-0.2, -0.15) is 5.10 Å². The van der Waals surface area contributed by atoms with E-state index in [0.717, 1.165) is 49.5 Å². The fraction of sp³-hybridized carbons (Fsp3) is 0.375. The van der Waals surface area contributed by atoms with Crippen LogP contribution in [0.4, 0.5) is 5.69 Å². The zero-order valence-electron chi connectivity index (χ0n) is 17.4. The summed E-state index contributed by atoms with van der Waals surface area (Å²) in [6.45, 7) is 1.47. The van der Waals surface area contributed by atoms with E-state index in [0.29, 0.717) is 12.8 Å². The van der Waals surface area contributed by atoms with E-state index < -0.39 is 0 Å². The summed E-state index contributed by atoms with van der Waals surface area (Å²) in [6, 6.07) is 13.3. The molecule has 0 radical (unpaired) electrons. The summed E-state index contributed by atoms with van der Waals surface area (Å²) in [5, 5.41) is 7.27. The minimum absolute atomic E-state index is 0.0404. The molecule has 0 unspecified atom stereocenters. The van der Waals surface area contributed by atoms with Crippen molar-refractivity contribution in [2.75, 3.05) is 18.4 Å². The van der Waals surface area contributed by atoms with E-state index in [2.05, 4.69) is 10.4 Å². The number of piperidine rings is 1. The zero-order chi connectivity index (χ0) is 21.3. The molecule has 2 aliphatic rings. The highest BCUT2D eigenvalue weighted by atomic mass is 16.3. The fourth-order valence-electron chi connectivity index (χ4n) is 4.66. The Balaban J connectivity index is 1.10. The molecule has 1 aliphatic heterocycles. The van der Waals surface area contributed by atoms with Gasteiger partial charge in [0.1, 0.15) is 5.76 Å². The number of hydrogen-bond acceptors (Lipinski definition) is 4. The van der Waals surface area contributed by atoms with E-state index in [4.69, 9.17) is 4.42 Å². The molecule has 2 fully saturated rings. The first-order valence-corrected chi connectivity index (χ1v) is 10.8. The van der Waals surface area contributed by atoms with Crippen LogP contribution in [-0.4, -0.2) is 39.6 Å². The lowest BCUT2D eigenvalue weighted by Crippen LogP contribution is -2.40. The molecule has 3 aromatic rings. The number of nitrogens with one attached hydrogen (secondary N) is 1. The van der Waals surface area contributed by atoms with Crippen LogP contribution in [0.5, 0.6) is 0 Å². The molecule has 1 saturated heterocycles. The topological polar surface area (TPSA) is 80.4 Å². The summed E-state index contributed by atoms with van der Waals surface area (Å²) >= 11 is 0. The third-order valence-electron chi connectivity index (χ3n) is 6.69. The molecule has 1 aliphatic carbocycles. The van der Waals surface area contributed by atoms with Crippen molar-refractivity contribution in [2.24, 2.45) is 11.3 Å². The van der Waals surface area contributed by atoms with Gasteiger partial charge in [-0.15, -0.1) is 0 Å². The monoisotopic (exact) mass is 418 g/mol. The highest BCUT2D eigenvalue weighted by Gasteiger charge is 2.58. The van der Waals surface area contributed by atoms with Crippen molar-refractivity contribution in [1.82, 2.24) is 14.7 Å². The highest BCUT2D eigenvalue weighted by Crippen LogP contribution is 2.59. The molecule has 1 spiro atoms. The van der Waals surface area contributed by atoms with Gasteiger partial charge < -0.3 is 14.6 Å². The average molecular weight is 418 g/mol. The molecule has 1 aromatic carbocycles. The van der Waals surface area contributed by atoms with Crippen LogP contribution in [-0.2, 0) is 16.0 Å². The summed E-state index contributed by atoms with van der Waals surface area (Å²) in [5.41, 5.74) is 1.82. The van der Waals surface area contributed by atoms with E-state index in [1.54, 1.807) is 17.1 Å². The van der Waals surface area contributed by atoms with E-state index >= 15 is 0 Å². The molecule has 1 saturated carbocycles. The van der Waals surface area contributed by atoms with Gasteiger partial charge in [-0.3, -0.25) is 9.59 Å². The summed E-state index contributed by atoms with van der Waals surface area (Å²) in [5.74, 6) is 1.15. The number of anilines is 1. The van der Waals surface area contributed by atoms with Crippen LogP contribution in [0.25, 0.3) is 5.69 Å². The molecule has 160 valence electrons. The third-order valence-corrected chi connectivity index (χ3v) is 6.69. The Kier molecular flexibility index (Phi) is 5.10. The van der Waals surface area contributed by atoms with Crippen molar-refractivity contribution in [2.45, 2.75) is 32.1 Å². The number of likely N-dealkylation sites (tertiary alicyclic amines) is 1. The molecule has 1 atom stereocenters. The maximum absolute atomic E-state index is 12.8. The van der Waals surface area contributed by atoms with Crippen molar-refractivity contribution in [3.8, 4) is 5.69 Å². The van der Waals surface area contributed by atoms with Gasteiger partial charge in [0.2, 0.25) is 11.8 Å². The van der Waals surface area contributed by atoms with E-state index in [1.807, 2.05) is 53.6 Å². The standard InChI is InChI=1S/C24H26N4O3/c29-22(9-8-20-3-1-16-31-20)27-14-10-24(11-15-27)17-21(24)23(30)26-18-4-6-19(7-5-18)28-13-2-12-25-28/h1-7,12-13,16,21H,8-11,14-15,17H2,(H,26,30)/t21-/m1/s1. The van der Waals surface area contributed by atoms with Crippen LogP contribution < -0.4 is 5.32 Å². The first-order valence-electron chi connectivity index (χ1n) is 10.8. The number of furan rings is 1. The first-order chi connectivity index (χ1) is 15.1. The zero-order valence-corrected chi connectivity index (χ0v) is 17.4. The first kappa shape index (κ1) is 19.6. The summed E-state index contributed by atoms with van der Waals surface area (Å²) in [6.07, 6.45) is 9.08. The smallest absolute Gasteiger partial charge is 0.228 e. The Morgan fingerprint density at radius 2 is 1.94 bits per heavy atom. The largest absolute Gasteiger partial charge is 0.469 e. The number of benzene rings is 1. The minimum Gasteiger partial charge on any atom is -0.469 e. The van der Waals surface area contributed by atoms with Gasteiger partial charge in [-0.25, -0.2) is 4.68 Å². The van der Waals surface area contributed by atoms with Crippen LogP contribution in [0.2, 0.25) is 0 Å². The van der Waals surface area contributed by atoms with E-state index in [-0.39, 0.29) is 23.1 Å². The molecule has 0 bridgehead atoms. The van der Waals surface area contributed by atoms with Gasteiger partial charge in [0.05, 0.1) is 12.0 Å². The van der Waals surface area contributed by atoms with Gasteiger partial charge in [-0.1, -0.05) is 0 Å². The second kappa shape index (κ2) is 8.06. The van der Waals surface area contributed by atoms with Crippen molar-refractivity contribution in [3.63, 3.8) is 0 Å². The number of hydrogen-bond donors (Lipinski definition) is 1. The number of amides is 2. The van der Waals surface area contributed by atoms with Crippen molar-refractivity contribution < 1.29 is 14.0 Å². The maximum Gasteiger partial charge on any atom is 0.228 e. The molecule has 2 aromatic heterocycles. The number of rotatable bonds is 6. The van der Waals surface area contributed by atoms with Crippen molar-refractivity contribution in [3.05, 3.63) is 66.9 Å². The molecule has 31 heavy (non-hydrogen) atoms. The number of carbonyl (C=O) groups is 2. The Morgan fingerprint density at radius 1 is 1.13 bits per heavy atom. The lowest BCUT2D eigenvalue weighted by atomic mass is 9.90. The quantitative estimate of drug-likeness (QED) is 0.662. The van der Waals surface area contributed by atoms with E-state index in [1.165, 1.54) is 0 Å². The van der Waals surface area contributed by atoms with Crippen LogP contribution in [0.1, 0.15) is 31.4 Å². The predicted octanol–water partition coefficient (Wildman–Crippen LogP) is 3.67. The Hall–Kier alpha value is -3.35. The lowest BCUT2D eigenvalue weighted by Gasteiger charge is -2.33. The van der Waals surface area contributed by atoms with Crippen molar-refractivity contribution in [1.29, 1.82) is 0 Å². The molecule has 5 rings (SSSR count). The molecular formula is C24H26N4O3. The molecule has 1 N–H and O–H groups in total. The molecular weight excluding hydrogens is 392 g/mol. The minimum atomic E-state index is 0.0404. The van der Waals surface area contributed by atoms with Crippen molar-refractivity contribution >= 4 is 17.5 Å². The summed E-state index contributed by atoms with van der Waals surface area (Å²) in [7, 11) is 0. The molecule has 2 amide bonds. The predicted molar refractivity (Wildman–Crippen MR) is 116 cm³/mol. The Labute approximate surface area is 181 Å². The van der Waals surface area contributed by atoms with Gasteiger partial charge in [0.25, 0.3) is 0 Å². The van der Waals surface area contributed by atoms with Gasteiger partial charge in [-0.05, 0) is 67.1 Å². The van der Waals surface area contributed by atoms with Gasteiger partial charge in [0.15, 0.2) is 0 Å². The van der Waals surface area contributed by atoms with Crippen LogP contribution in [0, 0.1) is 11.3 Å². The Morgan fingerprint density at radius 3 is 2.61 bits per heavy atom. The van der Waals surface area contributed by atoms with Crippen LogP contribution >= 0.6 is 0 Å². The second-order valence-corrected chi connectivity index (χ2v) is 8.57. The normalized spacial score (nSPS) is 19.4. The Bertz CT molecular complexity index is 1030. The third kappa shape index (κ3) is 4.13. The summed E-state index contributed by atoms with van der Waals surface area (Å²) in [4.78, 5) is 27.2. The number of carbonyl (C=O) groups excluding carboxylic acids is 2. The van der Waals surface area contributed by atoms with Crippen LogP contribution in [0.3, 0.4) is 0 Å². The average Bonchev–Trinajstić information content (AvgIpc) is 3.20. The number of nitrogens with zero attached hydrogens (tertiary/aromatic N) is 3. The number of aryl methyl sites for hydroxylation is 1.